The van der Waals surface area contributed by atoms with Crippen LogP contribution in [0.25, 0.3) is 0 Å². The van der Waals surface area contributed by atoms with E-state index >= 15 is 0 Å². The summed E-state index contributed by atoms with van der Waals surface area (Å²) in [6.45, 7) is 13.2. The third-order valence-electron chi connectivity index (χ3n) is 2.33. The Labute approximate surface area is 98.3 Å². The summed E-state index contributed by atoms with van der Waals surface area (Å²) in [5.41, 5.74) is 0. The molecule has 0 spiro atoms. The first-order chi connectivity index (χ1) is 6.73. The van der Waals surface area contributed by atoms with Crippen LogP contribution < -0.4 is 0 Å². The van der Waals surface area contributed by atoms with Crippen LogP contribution >= 0.6 is 11.8 Å². The van der Waals surface area contributed by atoms with Gasteiger partial charge in [-0.2, -0.15) is 10.2 Å². The Bertz CT molecular complexity index is 238. The van der Waals surface area contributed by atoms with E-state index < -0.39 is 0 Å². The molecular formula is C12H24N2S. The molecule has 1 unspecified atom stereocenters. The molecule has 0 aliphatic heterocycles. The molecule has 1 saturated carbocycles. The van der Waals surface area contributed by atoms with E-state index in [9.17, 15) is 0 Å². The second-order valence-electron chi connectivity index (χ2n) is 5.85. The number of thioether (sulfide) groups is 1. The highest BCUT2D eigenvalue weighted by Crippen LogP contribution is 2.52. The molecule has 0 saturated heterocycles. The Morgan fingerprint density at radius 2 is 1.67 bits per heavy atom. The van der Waals surface area contributed by atoms with Crippen LogP contribution in [-0.2, 0) is 0 Å². The quantitative estimate of drug-likeness (QED) is 0.650. The fourth-order valence-corrected chi connectivity index (χ4v) is 3.38. The summed E-state index contributed by atoms with van der Waals surface area (Å²) in [4.78, 5) is 0.00250. The van der Waals surface area contributed by atoms with Crippen LogP contribution in [0.1, 0.15) is 54.4 Å². The summed E-state index contributed by atoms with van der Waals surface area (Å²) in [5.74, 6) is 0.740. The normalized spacial score (nSPS) is 22.3. The molecule has 2 nitrogen and oxygen atoms in total. The second kappa shape index (κ2) is 4.44. The van der Waals surface area contributed by atoms with Crippen molar-refractivity contribution in [2.24, 2.45) is 16.1 Å². The van der Waals surface area contributed by atoms with Crippen molar-refractivity contribution >= 4 is 11.8 Å². The number of nitrogens with zero attached hydrogens (tertiary/aromatic N) is 2. The van der Waals surface area contributed by atoms with Gasteiger partial charge in [-0.25, -0.2) is 0 Å². The molecular weight excluding hydrogens is 204 g/mol. The fourth-order valence-electron chi connectivity index (χ4n) is 1.65. The molecule has 0 amide bonds. The van der Waals surface area contributed by atoms with Crippen molar-refractivity contribution < 1.29 is 0 Å². The van der Waals surface area contributed by atoms with Crippen LogP contribution in [0, 0.1) is 5.92 Å². The Morgan fingerprint density at radius 1 is 1.13 bits per heavy atom. The largest absolute Gasteiger partial charge is 0.190 e. The van der Waals surface area contributed by atoms with Crippen molar-refractivity contribution in [2.75, 3.05) is 0 Å². The van der Waals surface area contributed by atoms with Crippen LogP contribution in [0.15, 0.2) is 10.2 Å². The maximum atomic E-state index is 4.59. The van der Waals surface area contributed by atoms with Gasteiger partial charge in [-0.05, 0) is 39.5 Å². The van der Waals surface area contributed by atoms with Gasteiger partial charge in [0.1, 0.15) is 4.87 Å². The highest BCUT2D eigenvalue weighted by molar-refractivity contribution is 8.01. The van der Waals surface area contributed by atoms with Gasteiger partial charge in [0.2, 0.25) is 0 Å². The molecule has 1 atom stereocenters. The lowest BCUT2D eigenvalue weighted by Crippen LogP contribution is -2.27. The number of azo groups is 1. The summed E-state index contributed by atoms with van der Waals surface area (Å²) in [5, 5.41) is 8.94. The predicted octanol–water partition coefficient (Wildman–Crippen LogP) is 4.50. The zero-order valence-electron chi connectivity index (χ0n) is 10.9. The van der Waals surface area contributed by atoms with Crippen molar-refractivity contribution in [3.05, 3.63) is 0 Å². The molecule has 1 aliphatic rings. The van der Waals surface area contributed by atoms with Crippen molar-refractivity contribution in [1.82, 2.24) is 0 Å². The molecule has 1 rings (SSSR count). The molecule has 0 radical (unpaired) electrons. The molecule has 0 aromatic carbocycles. The number of hydrogen-bond acceptors (Lipinski definition) is 3. The SMILES string of the molecule is CC(C)N=NC(C)(SC(C)(C)C)C1CC1. The molecule has 0 aromatic heterocycles. The minimum absolute atomic E-state index is 0.00250. The molecule has 88 valence electrons. The molecule has 15 heavy (non-hydrogen) atoms. The van der Waals surface area contributed by atoms with Gasteiger partial charge in [0.15, 0.2) is 0 Å². The zero-order chi connectivity index (χ0) is 11.7. The van der Waals surface area contributed by atoms with Crippen LogP contribution in [0.2, 0.25) is 0 Å². The predicted molar refractivity (Wildman–Crippen MR) is 68.5 cm³/mol. The zero-order valence-corrected chi connectivity index (χ0v) is 11.7. The van der Waals surface area contributed by atoms with E-state index in [-0.39, 0.29) is 9.62 Å². The minimum atomic E-state index is 0.00250. The number of rotatable bonds is 4. The highest BCUT2D eigenvalue weighted by atomic mass is 32.2. The van der Waals surface area contributed by atoms with Crippen molar-refractivity contribution in [3.8, 4) is 0 Å². The minimum Gasteiger partial charge on any atom is -0.190 e. The van der Waals surface area contributed by atoms with Crippen molar-refractivity contribution in [1.29, 1.82) is 0 Å². The molecule has 0 heterocycles. The lowest BCUT2D eigenvalue weighted by molar-refractivity contribution is 0.531. The van der Waals surface area contributed by atoms with Crippen LogP contribution in [-0.4, -0.2) is 15.7 Å². The molecule has 3 heteroatoms. The molecule has 0 bridgehead atoms. The maximum absolute atomic E-state index is 4.59. The van der Waals surface area contributed by atoms with Crippen LogP contribution in [0.4, 0.5) is 0 Å². The van der Waals surface area contributed by atoms with Gasteiger partial charge in [0.05, 0.1) is 6.04 Å². The Balaban J connectivity index is 2.70. The van der Waals surface area contributed by atoms with Gasteiger partial charge in [0, 0.05) is 4.75 Å². The highest BCUT2D eigenvalue weighted by Gasteiger charge is 2.45. The fraction of sp³-hybridized carbons (Fsp3) is 1.00. The molecule has 1 aliphatic carbocycles. The summed E-state index contributed by atoms with van der Waals surface area (Å²) in [7, 11) is 0. The second-order valence-corrected chi connectivity index (χ2v) is 8.11. The van der Waals surface area contributed by atoms with Gasteiger partial charge in [0.25, 0.3) is 0 Å². The summed E-state index contributed by atoms with van der Waals surface area (Å²) in [6.07, 6.45) is 2.63. The summed E-state index contributed by atoms with van der Waals surface area (Å²) < 4.78 is 0.257. The average Bonchev–Trinajstić information content (AvgIpc) is 2.79. The average molecular weight is 228 g/mol. The van der Waals surface area contributed by atoms with E-state index in [1.54, 1.807) is 0 Å². The smallest absolute Gasteiger partial charge is 0.127 e. The van der Waals surface area contributed by atoms with Crippen LogP contribution in [0.3, 0.4) is 0 Å². The van der Waals surface area contributed by atoms with Gasteiger partial charge in [-0.3, -0.25) is 0 Å². The lowest BCUT2D eigenvalue weighted by Gasteiger charge is -2.31. The molecule has 0 N–H and O–H groups in total. The van der Waals surface area contributed by atoms with Gasteiger partial charge in [-0.15, -0.1) is 11.8 Å². The Morgan fingerprint density at radius 3 is 2.00 bits per heavy atom. The van der Waals surface area contributed by atoms with Gasteiger partial charge < -0.3 is 0 Å². The maximum Gasteiger partial charge on any atom is 0.127 e. The Kier molecular flexibility index (Phi) is 3.85. The molecule has 1 fully saturated rings. The molecule has 0 aromatic rings. The van der Waals surface area contributed by atoms with E-state index in [1.807, 2.05) is 11.8 Å². The first-order valence-corrected chi connectivity index (χ1v) is 6.67. The van der Waals surface area contributed by atoms with Gasteiger partial charge >= 0.3 is 0 Å². The summed E-state index contributed by atoms with van der Waals surface area (Å²) in [6, 6.07) is 0.309. The third-order valence-corrected chi connectivity index (χ3v) is 3.78. The topological polar surface area (TPSA) is 24.7 Å². The monoisotopic (exact) mass is 228 g/mol. The van der Waals surface area contributed by atoms with Crippen molar-refractivity contribution in [3.63, 3.8) is 0 Å². The first-order valence-electron chi connectivity index (χ1n) is 5.85. The number of hydrogen-bond donors (Lipinski definition) is 0. The van der Waals surface area contributed by atoms with E-state index in [4.69, 9.17) is 0 Å². The van der Waals surface area contributed by atoms with E-state index in [0.29, 0.717) is 6.04 Å². The Hall–Kier alpha value is -0.0500. The first kappa shape index (κ1) is 13.0. The van der Waals surface area contributed by atoms with Crippen LogP contribution in [0.5, 0.6) is 0 Å². The third kappa shape index (κ3) is 4.54. The van der Waals surface area contributed by atoms with Gasteiger partial charge in [-0.1, -0.05) is 20.8 Å². The summed E-state index contributed by atoms with van der Waals surface area (Å²) >= 11 is 1.96. The van der Waals surface area contributed by atoms with E-state index in [1.165, 1.54) is 12.8 Å². The lowest BCUT2D eigenvalue weighted by atomic mass is 10.2. The van der Waals surface area contributed by atoms with E-state index in [2.05, 4.69) is 51.8 Å². The standard InChI is InChI=1S/C12H24N2S/c1-9(2)13-14-12(6,10-7-8-10)15-11(3,4)5/h9-10H,7-8H2,1-6H3. The van der Waals surface area contributed by atoms with Crippen molar-refractivity contribution in [2.45, 2.75) is 70.0 Å². The van der Waals surface area contributed by atoms with E-state index in [0.717, 1.165) is 5.92 Å².